The van der Waals surface area contributed by atoms with Crippen molar-refractivity contribution >= 4 is 21.6 Å². The Bertz CT molecular complexity index is 649. The van der Waals surface area contributed by atoms with Crippen molar-refractivity contribution in [2.75, 3.05) is 0 Å². The van der Waals surface area contributed by atoms with Gasteiger partial charge in [0.25, 0.3) is 0 Å². The first-order chi connectivity index (χ1) is 8.97. The minimum Gasteiger partial charge on any atom is -0.450 e. The molecule has 0 radical (unpaired) electrons. The molecule has 0 spiro atoms. The summed E-state index contributed by atoms with van der Waals surface area (Å²) in [6, 6.07) is 6.64. The normalized spacial score (nSPS) is 10.3. The second-order valence-corrected chi connectivity index (χ2v) is 4.40. The van der Waals surface area contributed by atoms with Gasteiger partial charge in [0.05, 0.1) is 9.40 Å². The smallest absolute Gasteiger partial charge is 0.311 e. The highest BCUT2D eigenvalue weighted by molar-refractivity contribution is 9.10. The van der Waals surface area contributed by atoms with Gasteiger partial charge in [-0.1, -0.05) is 0 Å². The van der Waals surface area contributed by atoms with Crippen molar-refractivity contribution in [2.24, 2.45) is 0 Å². The van der Waals surface area contributed by atoms with Crippen LogP contribution in [0.25, 0.3) is 0 Å². The van der Waals surface area contributed by atoms with Crippen molar-refractivity contribution in [3.63, 3.8) is 0 Å². The van der Waals surface area contributed by atoms with Crippen LogP contribution >= 0.6 is 15.9 Å². The van der Waals surface area contributed by atoms with Gasteiger partial charge in [-0.3, -0.25) is 10.1 Å². The average Bonchev–Trinajstić information content (AvgIpc) is 2.33. The van der Waals surface area contributed by atoms with Gasteiger partial charge in [0.15, 0.2) is 0 Å². The average molecular weight is 330 g/mol. The number of nitro groups is 1. The van der Waals surface area contributed by atoms with Crippen LogP contribution in [-0.2, 0) is 0 Å². The Morgan fingerprint density at radius 2 is 1.89 bits per heavy atom. The monoisotopic (exact) mass is 329 g/mol. The van der Waals surface area contributed by atoms with E-state index in [1.54, 1.807) is 0 Å². The summed E-state index contributed by atoms with van der Waals surface area (Å²) < 4.78 is 31.7. The first kappa shape index (κ1) is 13.4. The third kappa shape index (κ3) is 3.05. The van der Waals surface area contributed by atoms with E-state index in [0.717, 1.165) is 24.3 Å². The maximum Gasteiger partial charge on any atom is 0.311 e. The van der Waals surface area contributed by atoms with Gasteiger partial charge in [-0.25, -0.2) is 8.78 Å². The van der Waals surface area contributed by atoms with E-state index < -0.39 is 22.2 Å². The lowest BCUT2D eigenvalue weighted by molar-refractivity contribution is -0.385. The summed E-state index contributed by atoms with van der Waals surface area (Å²) >= 11 is 2.97. The second kappa shape index (κ2) is 5.31. The van der Waals surface area contributed by atoms with Gasteiger partial charge in [-0.2, -0.15) is 0 Å². The molecule has 0 N–H and O–H groups in total. The topological polar surface area (TPSA) is 52.4 Å². The fraction of sp³-hybridized carbons (Fsp3) is 0. The van der Waals surface area contributed by atoms with Crippen LogP contribution in [0.1, 0.15) is 0 Å². The standard InChI is InChI=1S/C12H6BrF2NO3/c13-9-3-2-8(6-10(9)15)19-12-5-7(14)1-4-11(12)16(17)18/h1-6H. The number of rotatable bonds is 3. The predicted molar refractivity (Wildman–Crippen MR) is 67.2 cm³/mol. The van der Waals surface area contributed by atoms with Crippen LogP contribution in [-0.4, -0.2) is 4.92 Å². The third-order valence-corrected chi connectivity index (χ3v) is 2.88. The highest BCUT2D eigenvalue weighted by Crippen LogP contribution is 2.33. The van der Waals surface area contributed by atoms with E-state index >= 15 is 0 Å². The lowest BCUT2D eigenvalue weighted by Crippen LogP contribution is -1.94. The number of benzene rings is 2. The molecule has 0 aliphatic carbocycles. The minimum atomic E-state index is -0.704. The van der Waals surface area contributed by atoms with Crippen LogP contribution in [0.5, 0.6) is 11.5 Å². The molecular formula is C12H6BrF2NO3. The molecule has 0 bridgehead atoms. The van der Waals surface area contributed by atoms with E-state index in [9.17, 15) is 18.9 Å². The summed E-state index contributed by atoms with van der Waals surface area (Å²) in [5, 5.41) is 10.8. The largest absolute Gasteiger partial charge is 0.450 e. The number of ether oxygens (including phenoxy) is 1. The first-order valence-corrected chi connectivity index (χ1v) is 5.83. The predicted octanol–water partition coefficient (Wildman–Crippen LogP) is 4.43. The molecule has 2 aromatic carbocycles. The van der Waals surface area contributed by atoms with E-state index in [2.05, 4.69) is 15.9 Å². The van der Waals surface area contributed by atoms with Gasteiger partial charge >= 0.3 is 5.69 Å². The lowest BCUT2D eigenvalue weighted by atomic mass is 10.3. The molecule has 0 heterocycles. The molecule has 98 valence electrons. The number of hydrogen-bond donors (Lipinski definition) is 0. The summed E-state index contributed by atoms with van der Waals surface area (Å²) in [6.07, 6.45) is 0. The van der Waals surface area contributed by atoms with Crippen LogP contribution < -0.4 is 4.74 Å². The molecule has 0 saturated heterocycles. The zero-order valence-corrected chi connectivity index (χ0v) is 10.9. The van der Waals surface area contributed by atoms with E-state index in [1.807, 2.05) is 0 Å². The highest BCUT2D eigenvalue weighted by atomic mass is 79.9. The van der Waals surface area contributed by atoms with Crippen LogP contribution in [0.4, 0.5) is 14.5 Å². The molecule has 0 unspecified atom stereocenters. The van der Waals surface area contributed by atoms with Gasteiger partial charge in [0.2, 0.25) is 5.75 Å². The fourth-order valence-corrected chi connectivity index (χ4v) is 1.63. The molecular weight excluding hydrogens is 324 g/mol. The highest BCUT2D eigenvalue weighted by Gasteiger charge is 2.17. The Kier molecular flexibility index (Phi) is 3.75. The molecule has 0 fully saturated rings. The quantitative estimate of drug-likeness (QED) is 0.618. The van der Waals surface area contributed by atoms with E-state index in [1.165, 1.54) is 12.1 Å². The van der Waals surface area contributed by atoms with Gasteiger partial charge in [-0.05, 0) is 34.1 Å². The molecule has 2 aromatic rings. The zero-order chi connectivity index (χ0) is 14.0. The van der Waals surface area contributed by atoms with E-state index in [0.29, 0.717) is 0 Å². The zero-order valence-electron chi connectivity index (χ0n) is 9.27. The summed E-state index contributed by atoms with van der Waals surface area (Å²) in [5.41, 5.74) is -0.398. The second-order valence-electron chi connectivity index (χ2n) is 3.55. The van der Waals surface area contributed by atoms with Crippen molar-refractivity contribution < 1.29 is 18.4 Å². The molecule has 19 heavy (non-hydrogen) atoms. The van der Waals surface area contributed by atoms with Gasteiger partial charge < -0.3 is 4.74 Å². The molecule has 0 saturated carbocycles. The number of hydrogen-bond acceptors (Lipinski definition) is 3. The van der Waals surface area contributed by atoms with Gasteiger partial charge in [0.1, 0.15) is 17.4 Å². The molecule has 0 aromatic heterocycles. The maximum atomic E-state index is 13.3. The third-order valence-electron chi connectivity index (χ3n) is 2.24. The number of halogens is 3. The molecule has 0 amide bonds. The summed E-state index contributed by atoms with van der Waals surface area (Å²) in [5.74, 6) is -1.52. The Labute approximate surface area is 114 Å². The van der Waals surface area contributed by atoms with Crippen molar-refractivity contribution in [3.05, 3.63) is 62.6 Å². The van der Waals surface area contributed by atoms with E-state index in [4.69, 9.17) is 4.74 Å². The molecule has 0 atom stereocenters. The summed E-state index contributed by atoms with van der Waals surface area (Å²) in [4.78, 5) is 10.1. The maximum absolute atomic E-state index is 13.3. The van der Waals surface area contributed by atoms with Crippen LogP contribution in [0.2, 0.25) is 0 Å². The summed E-state index contributed by atoms with van der Waals surface area (Å²) in [6.45, 7) is 0. The Morgan fingerprint density at radius 1 is 1.16 bits per heavy atom. The molecule has 0 aliphatic heterocycles. The van der Waals surface area contributed by atoms with Crippen LogP contribution in [0, 0.1) is 21.7 Å². The van der Waals surface area contributed by atoms with Crippen molar-refractivity contribution in [2.45, 2.75) is 0 Å². The minimum absolute atomic E-state index is 0.0365. The lowest BCUT2D eigenvalue weighted by Gasteiger charge is -2.07. The van der Waals surface area contributed by atoms with Crippen molar-refractivity contribution in [3.8, 4) is 11.5 Å². The Morgan fingerprint density at radius 3 is 2.53 bits per heavy atom. The number of nitrogens with zero attached hydrogens (tertiary/aromatic N) is 1. The summed E-state index contributed by atoms with van der Waals surface area (Å²) in [7, 11) is 0. The van der Waals surface area contributed by atoms with E-state index in [-0.39, 0.29) is 16.0 Å². The van der Waals surface area contributed by atoms with Crippen molar-refractivity contribution in [1.29, 1.82) is 0 Å². The Balaban J connectivity index is 2.39. The fourth-order valence-electron chi connectivity index (χ4n) is 1.39. The molecule has 2 rings (SSSR count). The van der Waals surface area contributed by atoms with Crippen molar-refractivity contribution in [1.82, 2.24) is 0 Å². The molecule has 0 aliphatic rings. The first-order valence-electron chi connectivity index (χ1n) is 5.04. The molecule has 7 heteroatoms. The van der Waals surface area contributed by atoms with Gasteiger partial charge in [-0.15, -0.1) is 0 Å². The van der Waals surface area contributed by atoms with Crippen LogP contribution in [0.15, 0.2) is 40.9 Å². The number of nitro benzene ring substituents is 1. The Hall–Kier alpha value is -2.02. The SMILES string of the molecule is O=[N+]([O-])c1ccc(F)cc1Oc1ccc(Br)c(F)c1. The van der Waals surface area contributed by atoms with Crippen LogP contribution in [0.3, 0.4) is 0 Å². The molecule has 4 nitrogen and oxygen atoms in total. The van der Waals surface area contributed by atoms with Gasteiger partial charge in [0, 0.05) is 18.2 Å².